The molecule has 0 atom stereocenters. The maximum Gasteiger partial charge on any atom is 0.240 e. The summed E-state index contributed by atoms with van der Waals surface area (Å²) in [4.78, 5) is -3.31. The highest BCUT2D eigenvalue weighted by Gasteiger charge is 2.31. The van der Waals surface area contributed by atoms with Crippen molar-refractivity contribution in [3.8, 4) is 0 Å². The van der Waals surface area contributed by atoms with Crippen LogP contribution in [0.4, 0.5) is 5.69 Å². The number of hydrogen-bond acceptors (Lipinski definition) is 7. The van der Waals surface area contributed by atoms with Crippen LogP contribution >= 0.6 is 12.2 Å². The van der Waals surface area contributed by atoms with Crippen molar-refractivity contribution >= 4 is 53.1 Å². The second-order valence-electron chi connectivity index (χ2n) is 5.73. The van der Waals surface area contributed by atoms with E-state index in [9.17, 15) is 25.3 Å². The van der Waals surface area contributed by atoms with Crippen molar-refractivity contribution in [1.29, 1.82) is 0 Å². The number of rotatable bonds is 6. The summed E-state index contributed by atoms with van der Waals surface area (Å²) in [5, 5.41) is 20.5. The minimum atomic E-state index is -4.82. The Kier molecular flexibility index (Phi) is 6.63. The Balaban J connectivity index is 2.49. The zero-order valence-corrected chi connectivity index (χ0v) is 17.8. The summed E-state index contributed by atoms with van der Waals surface area (Å²) in [7, 11) is -14.2. The van der Waals surface area contributed by atoms with Gasteiger partial charge < -0.3 is 10.6 Å². The van der Waals surface area contributed by atoms with Crippen molar-refractivity contribution in [3.05, 3.63) is 48.0 Å². The molecule has 0 spiro atoms. The van der Waals surface area contributed by atoms with E-state index in [1.165, 1.54) is 0 Å². The molecule has 0 unspecified atom stereocenters. The average molecular weight is 480 g/mol. The Hall–Kier alpha value is -2.14. The van der Waals surface area contributed by atoms with Crippen LogP contribution in [-0.2, 0) is 36.6 Å². The lowest BCUT2D eigenvalue weighted by Gasteiger charge is -2.15. The molecule has 11 nitrogen and oxygen atoms in total. The van der Waals surface area contributed by atoms with Crippen LogP contribution in [0.5, 0.6) is 0 Å². The van der Waals surface area contributed by atoms with Crippen molar-refractivity contribution in [2.45, 2.75) is 21.2 Å². The zero-order chi connectivity index (χ0) is 22.0. The van der Waals surface area contributed by atoms with Crippen molar-refractivity contribution < 1.29 is 25.3 Å². The molecule has 0 aromatic heterocycles. The molecule has 0 aliphatic heterocycles. The molecule has 0 saturated carbocycles. The number of anilines is 1. The first-order valence-corrected chi connectivity index (χ1v) is 12.6. The number of hydrogen-bond donors (Lipinski definition) is 5. The first kappa shape index (κ1) is 23.1. The van der Waals surface area contributed by atoms with Gasteiger partial charge in [0, 0.05) is 12.2 Å². The van der Waals surface area contributed by atoms with E-state index < -0.39 is 44.8 Å². The normalized spacial score (nSPS) is 12.4. The number of sulfonamides is 3. The van der Waals surface area contributed by atoms with E-state index in [4.69, 9.17) is 27.6 Å². The maximum absolute atomic E-state index is 11.9. The molecule has 2 aromatic rings. The quantitative estimate of drug-likeness (QED) is 0.326. The molecule has 0 heterocycles. The number of thiocarbonyl (C=S) groups is 1. The van der Waals surface area contributed by atoms with Gasteiger partial charge in [-0.2, -0.15) is 0 Å². The van der Waals surface area contributed by atoms with Gasteiger partial charge in [0.15, 0.2) is 5.11 Å². The van der Waals surface area contributed by atoms with Gasteiger partial charge in [-0.1, -0.05) is 30.3 Å². The molecule has 0 fully saturated rings. The van der Waals surface area contributed by atoms with Crippen molar-refractivity contribution in [2.24, 2.45) is 15.4 Å². The molecular weight excluding hydrogens is 462 g/mol. The van der Waals surface area contributed by atoms with Crippen LogP contribution in [0, 0.1) is 0 Å². The summed E-state index contributed by atoms with van der Waals surface area (Å²) in [5.41, 5.74) is 0.702. The van der Waals surface area contributed by atoms with Gasteiger partial charge in [0.25, 0.3) is 0 Å². The molecule has 0 aliphatic carbocycles. The number of nitrogens with one attached hydrogen (secondary N) is 2. The monoisotopic (exact) mass is 479 g/mol. The van der Waals surface area contributed by atoms with E-state index in [-0.39, 0.29) is 10.8 Å². The van der Waals surface area contributed by atoms with Gasteiger partial charge in [-0.15, -0.1) is 0 Å². The predicted octanol–water partition coefficient (Wildman–Crippen LogP) is -0.885. The highest BCUT2D eigenvalue weighted by Crippen LogP contribution is 2.30. The predicted molar refractivity (Wildman–Crippen MR) is 110 cm³/mol. The number of benzene rings is 2. The van der Waals surface area contributed by atoms with Crippen molar-refractivity contribution in [2.75, 3.05) is 5.32 Å². The Bertz CT molecular complexity index is 1210. The molecule has 0 bridgehead atoms. The van der Waals surface area contributed by atoms with Crippen LogP contribution in [-0.4, -0.2) is 30.4 Å². The highest BCUT2D eigenvalue weighted by atomic mass is 32.2. The Labute approximate surface area is 173 Å². The van der Waals surface area contributed by atoms with E-state index in [2.05, 4.69) is 10.6 Å². The van der Waals surface area contributed by atoms with Gasteiger partial charge in [0.2, 0.25) is 30.1 Å². The van der Waals surface area contributed by atoms with E-state index in [1.807, 2.05) is 30.3 Å². The van der Waals surface area contributed by atoms with Gasteiger partial charge >= 0.3 is 0 Å². The molecule has 0 radical (unpaired) electrons. The maximum atomic E-state index is 11.9. The van der Waals surface area contributed by atoms with Gasteiger partial charge in [-0.05, 0) is 29.9 Å². The molecule has 0 amide bonds. The molecule has 0 saturated heterocycles. The standard InChI is InChI=1S/C14H17N5O6S4/c15-27(20,21)11-6-10(7-12(28(16,22)23)13(11)29(17,24)25)19-14(26)18-8-9-4-2-1-3-5-9/h1-7H,8H2,(H2,15,20,21)(H2,16,22,23)(H2,17,24,25)(H2,18,19,26). The molecule has 0 aliphatic rings. The summed E-state index contributed by atoms with van der Waals surface area (Å²) in [6.07, 6.45) is 0. The first-order chi connectivity index (χ1) is 13.2. The Morgan fingerprint density at radius 1 is 0.828 bits per heavy atom. The first-order valence-electron chi connectivity index (χ1n) is 7.55. The fourth-order valence-electron chi connectivity index (χ4n) is 2.31. The van der Waals surface area contributed by atoms with Gasteiger partial charge in [0.05, 0.1) is 0 Å². The minimum Gasteiger partial charge on any atom is -0.358 e. The Morgan fingerprint density at radius 2 is 1.31 bits per heavy atom. The number of primary sulfonamides is 3. The van der Waals surface area contributed by atoms with E-state index in [0.29, 0.717) is 6.54 Å². The molecule has 2 rings (SSSR count). The summed E-state index contributed by atoms with van der Waals surface area (Å²) in [5.74, 6) is 0. The third-order valence-corrected chi connectivity index (χ3v) is 6.86. The van der Waals surface area contributed by atoms with Crippen LogP contribution < -0.4 is 26.1 Å². The number of nitrogens with two attached hydrogens (primary N) is 3. The van der Waals surface area contributed by atoms with Crippen molar-refractivity contribution in [1.82, 2.24) is 5.32 Å². The molecule has 15 heteroatoms. The fraction of sp³-hybridized carbons (Fsp3) is 0.0714. The minimum absolute atomic E-state index is 0.00190. The zero-order valence-electron chi connectivity index (χ0n) is 14.6. The molecule has 2 aromatic carbocycles. The van der Waals surface area contributed by atoms with Crippen LogP contribution in [0.3, 0.4) is 0 Å². The third-order valence-electron chi connectivity index (χ3n) is 3.47. The highest BCUT2D eigenvalue weighted by molar-refractivity contribution is 7.94. The summed E-state index contributed by atoms with van der Waals surface area (Å²) in [6.45, 7) is 0.312. The second-order valence-corrected chi connectivity index (χ2v) is 10.7. The lowest BCUT2D eigenvalue weighted by Crippen LogP contribution is -2.29. The summed E-state index contributed by atoms with van der Waals surface area (Å²) >= 11 is 5.09. The second kappa shape index (κ2) is 8.31. The van der Waals surface area contributed by atoms with Crippen LogP contribution in [0.25, 0.3) is 0 Å². The Morgan fingerprint density at radius 3 is 1.72 bits per heavy atom. The van der Waals surface area contributed by atoms with Gasteiger partial charge in [0.1, 0.15) is 14.7 Å². The van der Waals surface area contributed by atoms with Crippen LogP contribution in [0.1, 0.15) is 5.56 Å². The SMILES string of the molecule is NS(=O)(=O)c1cc(NC(=S)NCc2ccccc2)cc(S(N)(=O)=O)c1S(N)(=O)=O. The van der Waals surface area contributed by atoms with Crippen LogP contribution in [0.15, 0.2) is 57.2 Å². The topological polar surface area (TPSA) is 205 Å². The largest absolute Gasteiger partial charge is 0.358 e. The van der Waals surface area contributed by atoms with Gasteiger partial charge in [-0.3, -0.25) is 0 Å². The van der Waals surface area contributed by atoms with E-state index in [0.717, 1.165) is 17.7 Å². The van der Waals surface area contributed by atoms with E-state index in [1.54, 1.807) is 0 Å². The van der Waals surface area contributed by atoms with Crippen molar-refractivity contribution in [3.63, 3.8) is 0 Å². The van der Waals surface area contributed by atoms with Crippen LogP contribution in [0.2, 0.25) is 0 Å². The lowest BCUT2D eigenvalue weighted by atomic mass is 10.2. The summed E-state index contributed by atoms with van der Waals surface area (Å²) in [6, 6.07) is 10.7. The average Bonchev–Trinajstić information content (AvgIpc) is 2.57. The smallest absolute Gasteiger partial charge is 0.240 e. The summed E-state index contributed by atoms with van der Waals surface area (Å²) < 4.78 is 71.2. The lowest BCUT2D eigenvalue weighted by molar-refractivity contribution is 0.575. The fourth-order valence-corrected chi connectivity index (χ4v) is 5.95. The van der Waals surface area contributed by atoms with E-state index >= 15 is 0 Å². The molecule has 158 valence electrons. The molecular formula is C14H17N5O6S4. The van der Waals surface area contributed by atoms with Gasteiger partial charge in [-0.25, -0.2) is 40.7 Å². The molecule has 8 N–H and O–H groups in total. The third kappa shape index (κ3) is 6.17. The molecule has 29 heavy (non-hydrogen) atoms.